The minimum atomic E-state index is -0.703. The monoisotopic (exact) mass is 355 g/mol. The third kappa shape index (κ3) is 3.58. The highest BCUT2D eigenvalue weighted by molar-refractivity contribution is 9.10. The van der Waals surface area contributed by atoms with E-state index in [-0.39, 0.29) is 16.7 Å². The van der Waals surface area contributed by atoms with Gasteiger partial charge < -0.3 is 10.1 Å². The quantitative estimate of drug-likeness (QED) is 0.662. The molecule has 0 bridgehead atoms. The van der Waals surface area contributed by atoms with E-state index < -0.39 is 17.6 Å². The van der Waals surface area contributed by atoms with Gasteiger partial charge in [0.2, 0.25) is 0 Å². The van der Waals surface area contributed by atoms with Crippen molar-refractivity contribution in [2.45, 2.75) is 6.54 Å². The molecule has 21 heavy (non-hydrogen) atoms. The van der Waals surface area contributed by atoms with E-state index in [0.717, 1.165) is 6.07 Å². The number of methoxy groups -OCH3 is 1. The summed E-state index contributed by atoms with van der Waals surface area (Å²) < 4.78 is 31.7. The molecule has 0 aliphatic heterocycles. The molecular formula is C15H12BrF2NO2. The maximum absolute atomic E-state index is 13.6. The van der Waals surface area contributed by atoms with E-state index in [1.54, 1.807) is 24.3 Å². The van der Waals surface area contributed by atoms with Crippen LogP contribution in [0.25, 0.3) is 0 Å². The smallest absolute Gasteiger partial charge is 0.338 e. The molecule has 0 aromatic heterocycles. The minimum absolute atomic E-state index is 0.142. The zero-order chi connectivity index (χ0) is 15.4. The Bertz CT molecular complexity index is 677. The Balaban J connectivity index is 2.21. The summed E-state index contributed by atoms with van der Waals surface area (Å²) in [5.74, 6) is -1.84. The average molecular weight is 356 g/mol. The maximum Gasteiger partial charge on any atom is 0.338 e. The number of ether oxygens (including phenoxy) is 1. The fraction of sp³-hybridized carbons (Fsp3) is 0.133. The van der Waals surface area contributed by atoms with Crippen LogP contribution in [0.1, 0.15) is 15.9 Å². The van der Waals surface area contributed by atoms with Crippen molar-refractivity contribution in [3.8, 4) is 0 Å². The van der Waals surface area contributed by atoms with E-state index in [1.807, 2.05) is 0 Å². The molecule has 0 saturated carbocycles. The van der Waals surface area contributed by atoms with Gasteiger partial charge in [0.25, 0.3) is 0 Å². The lowest BCUT2D eigenvalue weighted by molar-refractivity contribution is 0.0599. The first-order valence-corrected chi connectivity index (χ1v) is 6.87. The summed E-state index contributed by atoms with van der Waals surface area (Å²) in [6, 6.07) is 8.94. The lowest BCUT2D eigenvalue weighted by Gasteiger charge is -2.11. The van der Waals surface area contributed by atoms with Gasteiger partial charge in [-0.2, -0.15) is 0 Å². The molecule has 0 amide bonds. The van der Waals surface area contributed by atoms with E-state index in [4.69, 9.17) is 0 Å². The third-order valence-electron chi connectivity index (χ3n) is 2.90. The second-order valence-electron chi connectivity index (χ2n) is 4.25. The minimum Gasteiger partial charge on any atom is -0.465 e. The lowest BCUT2D eigenvalue weighted by Crippen LogP contribution is -2.09. The molecule has 0 radical (unpaired) electrons. The van der Waals surface area contributed by atoms with Crippen molar-refractivity contribution in [3.63, 3.8) is 0 Å². The van der Waals surface area contributed by atoms with Gasteiger partial charge in [-0.3, -0.25) is 0 Å². The lowest BCUT2D eigenvalue weighted by atomic mass is 10.1. The van der Waals surface area contributed by atoms with Crippen molar-refractivity contribution in [2.75, 3.05) is 12.4 Å². The molecule has 2 aromatic rings. The van der Waals surface area contributed by atoms with Gasteiger partial charge in [-0.25, -0.2) is 13.6 Å². The molecule has 0 fully saturated rings. The number of rotatable bonds is 4. The number of esters is 1. The Labute approximate surface area is 129 Å². The molecule has 0 atom stereocenters. The van der Waals surface area contributed by atoms with Gasteiger partial charge >= 0.3 is 5.97 Å². The van der Waals surface area contributed by atoms with Crippen LogP contribution in [0.15, 0.2) is 40.9 Å². The number of anilines is 1. The molecule has 110 valence electrons. The molecule has 6 heteroatoms. The first kappa shape index (κ1) is 15.4. The highest BCUT2D eigenvalue weighted by Gasteiger charge is 2.12. The van der Waals surface area contributed by atoms with Gasteiger partial charge in [-0.05, 0) is 33.6 Å². The Morgan fingerprint density at radius 1 is 1.24 bits per heavy atom. The Kier molecular flexibility index (Phi) is 4.90. The fourth-order valence-corrected chi connectivity index (χ4v) is 2.18. The van der Waals surface area contributed by atoms with Gasteiger partial charge in [-0.1, -0.05) is 18.2 Å². The third-order valence-corrected chi connectivity index (χ3v) is 3.51. The van der Waals surface area contributed by atoms with Gasteiger partial charge in [0, 0.05) is 12.6 Å². The number of nitrogens with one attached hydrogen (secondary N) is 1. The molecule has 3 nitrogen and oxygen atoms in total. The van der Waals surface area contributed by atoms with Crippen LogP contribution < -0.4 is 5.32 Å². The van der Waals surface area contributed by atoms with Gasteiger partial charge in [0.05, 0.1) is 22.8 Å². The summed E-state index contributed by atoms with van der Waals surface area (Å²) in [4.78, 5) is 11.6. The maximum atomic E-state index is 13.6. The molecule has 0 aliphatic carbocycles. The van der Waals surface area contributed by atoms with E-state index in [2.05, 4.69) is 26.0 Å². The molecule has 2 rings (SSSR count). The summed E-state index contributed by atoms with van der Waals surface area (Å²) in [7, 11) is 1.29. The molecule has 0 unspecified atom stereocenters. The van der Waals surface area contributed by atoms with Crippen molar-refractivity contribution in [1.82, 2.24) is 0 Å². The molecule has 0 heterocycles. The average Bonchev–Trinajstić information content (AvgIpc) is 2.49. The number of benzene rings is 2. The van der Waals surface area contributed by atoms with Crippen LogP contribution in [-0.4, -0.2) is 13.1 Å². The predicted molar refractivity (Wildman–Crippen MR) is 79.2 cm³/mol. The Morgan fingerprint density at radius 2 is 1.95 bits per heavy atom. The number of hydrogen-bond donors (Lipinski definition) is 1. The van der Waals surface area contributed by atoms with E-state index >= 15 is 0 Å². The number of hydrogen-bond acceptors (Lipinski definition) is 3. The van der Waals surface area contributed by atoms with Crippen LogP contribution in [-0.2, 0) is 11.3 Å². The van der Waals surface area contributed by atoms with E-state index in [9.17, 15) is 13.6 Å². The standard InChI is InChI=1S/C15H12BrF2NO2/c1-21-15(20)10-5-3-2-4-9(10)8-19-14-6-11(16)12(17)7-13(14)18/h2-7,19H,8H2,1H3. The predicted octanol–water partition coefficient (Wildman–Crippen LogP) is 4.13. The summed E-state index contributed by atoms with van der Waals surface area (Å²) in [6.45, 7) is 0.209. The summed E-state index contributed by atoms with van der Waals surface area (Å²) in [5.41, 5.74) is 1.20. The number of carbonyl (C=O) groups excluding carboxylic acids is 1. The van der Waals surface area contributed by atoms with Crippen LogP contribution in [0, 0.1) is 11.6 Å². The van der Waals surface area contributed by atoms with Crippen molar-refractivity contribution >= 4 is 27.6 Å². The fourth-order valence-electron chi connectivity index (χ4n) is 1.83. The zero-order valence-corrected chi connectivity index (χ0v) is 12.7. The molecule has 1 N–H and O–H groups in total. The van der Waals surface area contributed by atoms with E-state index in [0.29, 0.717) is 11.1 Å². The van der Waals surface area contributed by atoms with Crippen LogP contribution in [0.2, 0.25) is 0 Å². The molecule has 0 saturated heterocycles. The topological polar surface area (TPSA) is 38.3 Å². The first-order chi connectivity index (χ1) is 10.0. The van der Waals surface area contributed by atoms with Crippen molar-refractivity contribution in [3.05, 3.63) is 63.6 Å². The van der Waals surface area contributed by atoms with Crippen LogP contribution >= 0.6 is 15.9 Å². The number of halogens is 3. The SMILES string of the molecule is COC(=O)c1ccccc1CNc1cc(Br)c(F)cc1F. The molecular weight excluding hydrogens is 344 g/mol. The summed E-state index contributed by atoms with van der Waals surface area (Å²) in [6.07, 6.45) is 0. The Hall–Kier alpha value is -1.95. The van der Waals surface area contributed by atoms with Gasteiger partial charge in [0.1, 0.15) is 11.6 Å². The molecule has 0 aliphatic rings. The summed E-state index contributed by atoms with van der Waals surface area (Å²) >= 11 is 3.00. The van der Waals surface area contributed by atoms with Crippen molar-refractivity contribution in [1.29, 1.82) is 0 Å². The zero-order valence-electron chi connectivity index (χ0n) is 11.1. The second kappa shape index (κ2) is 6.67. The normalized spacial score (nSPS) is 10.3. The highest BCUT2D eigenvalue weighted by atomic mass is 79.9. The second-order valence-corrected chi connectivity index (χ2v) is 5.10. The largest absolute Gasteiger partial charge is 0.465 e. The molecule has 2 aromatic carbocycles. The molecule has 0 spiro atoms. The van der Waals surface area contributed by atoms with Gasteiger partial charge in [0.15, 0.2) is 0 Å². The highest BCUT2D eigenvalue weighted by Crippen LogP contribution is 2.24. The first-order valence-electron chi connectivity index (χ1n) is 6.07. The Morgan fingerprint density at radius 3 is 2.67 bits per heavy atom. The summed E-state index contributed by atoms with van der Waals surface area (Å²) in [5, 5.41) is 2.84. The van der Waals surface area contributed by atoms with Crippen molar-refractivity contribution < 1.29 is 18.3 Å². The van der Waals surface area contributed by atoms with E-state index in [1.165, 1.54) is 13.2 Å². The van der Waals surface area contributed by atoms with Crippen LogP contribution in [0.3, 0.4) is 0 Å². The van der Waals surface area contributed by atoms with Crippen LogP contribution in [0.5, 0.6) is 0 Å². The number of carbonyl (C=O) groups is 1. The van der Waals surface area contributed by atoms with Crippen LogP contribution in [0.4, 0.5) is 14.5 Å². The van der Waals surface area contributed by atoms with Gasteiger partial charge in [-0.15, -0.1) is 0 Å². The van der Waals surface area contributed by atoms with Crippen molar-refractivity contribution in [2.24, 2.45) is 0 Å².